The molecule has 1 fully saturated rings. The molecule has 124 valence electrons. The number of aromatic nitrogens is 2. The van der Waals surface area contributed by atoms with Crippen molar-refractivity contribution in [1.29, 1.82) is 0 Å². The van der Waals surface area contributed by atoms with Gasteiger partial charge in [-0.05, 0) is 24.3 Å². The minimum atomic E-state index is -0.559. The van der Waals surface area contributed by atoms with Crippen LogP contribution in [-0.2, 0) is 9.59 Å². The molecule has 0 spiro atoms. The predicted molar refractivity (Wildman–Crippen MR) is 92.9 cm³/mol. The van der Waals surface area contributed by atoms with Crippen molar-refractivity contribution in [2.24, 2.45) is 0 Å². The third-order valence-corrected chi connectivity index (χ3v) is 4.81. The van der Waals surface area contributed by atoms with Gasteiger partial charge in [0.1, 0.15) is 5.25 Å². The van der Waals surface area contributed by atoms with Gasteiger partial charge in [0, 0.05) is 12.0 Å². The Morgan fingerprint density at radius 2 is 1.64 bits per heavy atom. The number of carbonyl (C=O) groups excluding carboxylic acids is 2. The molecule has 0 N–H and O–H groups in total. The molecule has 4 rings (SSSR count). The van der Waals surface area contributed by atoms with Crippen molar-refractivity contribution < 1.29 is 14.0 Å². The maximum atomic E-state index is 12.6. The normalized spacial score (nSPS) is 17.3. The molecular weight excluding hydrogens is 338 g/mol. The highest BCUT2D eigenvalue weighted by molar-refractivity contribution is 8.00. The first-order valence-electron chi connectivity index (χ1n) is 7.70. The van der Waals surface area contributed by atoms with E-state index in [-0.39, 0.29) is 23.5 Å². The monoisotopic (exact) mass is 351 g/mol. The molecule has 1 atom stereocenters. The highest BCUT2D eigenvalue weighted by Gasteiger charge is 2.41. The Hall–Kier alpha value is -2.93. The largest absolute Gasteiger partial charge is 0.411 e. The van der Waals surface area contributed by atoms with Crippen LogP contribution in [0.25, 0.3) is 11.5 Å². The van der Waals surface area contributed by atoms with Crippen LogP contribution in [0.4, 0.5) is 5.69 Å². The Morgan fingerprint density at radius 3 is 2.36 bits per heavy atom. The fourth-order valence-corrected chi connectivity index (χ4v) is 3.51. The Balaban J connectivity index is 1.52. The number of hydrogen-bond acceptors (Lipinski definition) is 6. The highest BCUT2D eigenvalue weighted by atomic mass is 32.2. The minimum Gasteiger partial charge on any atom is -0.411 e. The third-order valence-electron chi connectivity index (χ3n) is 3.79. The summed E-state index contributed by atoms with van der Waals surface area (Å²) in [6.07, 6.45) is 0.113. The van der Waals surface area contributed by atoms with Crippen LogP contribution >= 0.6 is 11.8 Å². The number of anilines is 1. The summed E-state index contributed by atoms with van der Waals surface area (Å²) in [6, 6.07) is 18.3. The van der Waals surface area contributed by atoms with E-state index in [2.05, 4.69) is 10.2 Å². The number of thioether (sulfide) groups is 1. The Labute approximate surface area is 147 Å². The van der Waals surface area contributed by atoms with Crippen LogP contribution in [0.3, 0.4) is 0 Å². The zero-order valence-electron chi connectivity index (χ0n) is 13.0. The minimum absolute atomic E-state index is 0.113. The van der Waals surface area contributed by atoms with Gasteiger partial charge in [-0.15, -0.1) is 10.2 Å². The van der Waals surface area contributed by atoms with Gasteiger partial charge in [0.15, 0.2) is 0 Å². The van der Waals surface area contributed by atoms with Crippen molar-refractivity contribution in [1.82, 2.24) is 10.2 Å². The standard InChI is InChI=1S/C18H13N3O3S/c22-15-11-14(17(23)21(15)13-9-5-2-6-10-13)25-18-20-19-16(24-18)12-7-3-1-4-8-12/h1-10,14H,11H2/t14-/m1/s1. The van der Waals surface area contributed by atoms with Crippen LogP contribution in [0, 0.1) is 0 Å². The summed E-state index contributed by atoms with van der Waals surface area (Å²) in [5.74, 6) is -0.100. The Kier molecular flexibility index (Phi) is 4.07. The summed E-state index contributed by atoms with van der Waals surface area (Å²) < 4.78 is 5.61. The molecule has 2 heterocycles. The topological polar surface area (TPSA) is 76.3 Å². The van der Waals surface area contributed by atoms with Crippen molar-refractivity contribution in [3.8, 4) is 11.5 Å². The van der Waals surface area contributed by atoms with Crippen LogP contribution in [-0.4, -0.2) is 27.3 Å². The maximum Gasteiger partial charge on any atom is 0.277 e. The molecule has 1 aliphatic heterocycles. The molecular formula is C18H13N3O3S. The quantitative estimate of drug-likeness (QED) is 0.672. The van der Waals surface area contributed by atoms with E-state index in [1.54, 1.807) is 24.3 Å². The van der Waals surface area contributed by atoms with Gasteiger partial charge in [-0.2, -0.15) is 0 Å². The molecule has 0 radical (unpaired) electrons. The third kappa shape index (κ3) is 3.06. The van der Waals surface area contributed by atoms with E-state index in [4.69, 9.17) is 4.42 Å². The lowest BCUT2D eigenvalue weighted by atomic mass is 10.2. The lowest BCUT2D eigenvalue weighted by molar-refractivity contribution is -0.121. The second kappa shape index (κ2) is 6.52. The van der Waals surface area contributed by atoms with E-state index in [1.807, 2.05) is 36.4 Å². The maximum absolute atomic E-state index is 12.6. The van der Waals surface area contributed by atoms with Crippen molar-refractivity contribution in [3.63, 3.8) is 0 Å². The molecule has 1 aliphatic rings. The lowest BCUT2D eigenvalue weighted by Crippen LogP contribution is -2.30. The van der Waals surface area contributed by atoms with E-state index in [9.17, 15) is 9.59 Å². The van der Waals surface area contributed by atoms with Crippen LogP contribution in [0.2, 0.25) is 0 Å². The van der Waals surface area contributed by atoms with Gasteiger partial charge >= 0.3 is 0 Å². The molecule has 0 bridgehead atoms. The van der Waals surface area contributed by atoms with Crippen LogP contribution in [0.15, 0.2) is 70.3 Å². The molecule has 6 nitrogen and oxygen atoms in total. The predicted octanol–water partition coefficient (Wildman–Crippen LogP) is 3.16. The number of para-hydroxylation sites is 1. The molecule has 25 heavy (non-hydrogen) atoms. The van der Waals surface area contributed by atoms with Crippen LogP contribution in [0.5, 0.6) is 0 Å². The molecule has 2 amide bonds. The van der Waals surface area contributed by atoms with Gasteiger partial charge in [0.25, 0.3) is 5.22 Å². The van der Waals surface area contributed by atoms with Crippen LogP contribution in [0.1, 0.15) is 6.42 Å². The second-order valence-electron chi connectivity index (χ2n) is 5.45. The summed E-state index contributed by atoms with van der Waals surface area (Å²) >= 11 is 1.12. The first-order chi connectivity index (χ1) is 12.2. The van der Waals surface area contributed by atoms with E-state index in [1.165, 1.54) is 4.90 Å². The second-order valence-corrected chi connectivity index (χ2v) is 6.61. The SMILES string of the molecule is O=C1C[C@@H](Sc2nnc(-c3ccccc3)o2)C(=O)N1c1ccccc1. The summed E-state index contributed by atoms with van der Waals surface area (Å²) in [6.45, 7) is 0. The van der Waals surface area contributed by atoms with E-state index in [0.717, 1.165) is 17.3 Å². The van der Waals surface area contributed by atoms with Gasteiger partial charge in [-0.3, -0.25) is 9.59 Å². The Morgan fingerprint density at radius 1 is 0.960 bits per heavy atom. The molecule has 2 aromatic carbocycles. The first-order valence-corrected chi connectivity index (χ1v) is 8.58. The number of benzene rings is 2. The number of rotatable bonds is 4. The van der Waals surface area contributed by atoms with Gasteiger partial charge < -0.3 is 4.42 Å². The average molecular weight is 351 g/mol. The van der Waals surface area contributed by atoms with E-state index in [0.29, 0.717) is 11.6 Å². The fourth-order valence-electron chi connectivity index (χ4n) is 2.62. The van der Waals surface area contributed by atoms with Crippen LogP contribution < -0.4 is 4.90 Å². The van der Waals surface area contributed by atoms with Crippen molar-refractivity contribution >= 4 is 29.3 Å². The molecule has 1 aromatic heterocycles. The average Bonchev–Trinajstić information content (AvgIpc) is 3.22. The smallest absolute Gasteiger partial charge is 0.277 e. The van der Waals surface area contributed by atoms with Gasteiger partial charge in [-0.1, -0.05) is 48.2 Å². The molecule has 0 unspecified atom stereocenters. The molecule has 3 aromatic rings. The van der Waals surface area contributed by atoms with Gasteiger partial charge in [-0.25, -0.2) is 4.90 Å². The summed E-state index contributed by atoms with van der Waals surface area (Å²) in [5.41, 5.74) is 1.39. The van der Waals surface area contributed by atoms with Crippen molar-refractivity contribution in [2.75, 3.05) is 4.90 Å². The summed E-state index contributed by atoms with van der Waals surface area (Å²) in [7, 11) is 0. The lowest BCUT2D eigenvalue weighted by Gasteiger charge is -2.13. The van der Waals surface area contributed by atoms with Crippen molar-refractivity contribution in [3.05, 3.63) is 60.7 Å². The Bertz CT molecular complexity index is 912. The van der Waals surface area contributed by atoms with E-state index >= 15 is 0 Å². The number of hydrogen-bond donors (Lipinski definition) is 0. The summed E-state index contributed by atoms with van der Waals surface area (Å²) in [4.78, 5) is 26.0. The first kappa shape index (κ1) is 15.6. The molecule has 0 saturated carbocycles. The summed E-state index contributed by atoms with van der Waals surface area (Å²) in [5, 5.41) is 7.70. The molecule has 0 aliphatic carbocycles. The number of amides is 2. The zero-order valence-corrected chi connectivity index (χ0v) is 13.8. The number of carbonyl (C=O) groups is 2. The van der Waals surface area contributed by atoms with Gasteiger partial charge in [0.2, 0.25) is 17.7 Å². The highest BCUT2D eigenvalue weighted by Crippen LogP contribution is 2.34. The van der Waals surface area contributed by atoms with Gasteiger partial charge in [0.05, 0.1) is 5.69 Å². The van der Waals surface area contributed by atoms with E-state index < -0.39 is 5.25 Å². The molecule has 7 heteroatoms. The van der Waals surface area contributed by atoms with Crippen molar-refractivity contribution in [2.45, 2.75) is 16.9 Å². The number of imide groups is 1. The fraction of sp³-hybridized carbons (Fsp3) is 0.111. The zero-order chi connectivity index (χ0) is 17.2. The number of nitrogens with zero attached hydrogens (tertiary/aromatic N) is 3. The molecule has 1 saturated heterocycles.